The SMILES string of the molecule is O=S([O-])OC/C=C/CCOS(=O)(=O)O. The molecular weight excluding hydrogens is 236 g/mol. The van der Waals surface area contributed by atoms with Gasteiger partial charge in [-0.15, -0.1) is 0 Å². The van der Waals surface area contributed by atoms with E-state index in [1.807, 2.05) is 0 Å². The van der Waals surface area contributed by atoms with Gasteiger partial charge in [0.25, 0.3) is 0 Å². The van der Waals surface area contributed by atoms with Crippen molar-refractivity contribution in [3.05, 3.63) is 12.2 Å². The van der Waals surface area contributed by atoms with Gasteiger partial charge in [-0.2, -0.15) is 8.42 Å². The van der Waals surface area contributed by atoms with Gasteiger partial charge in [-0.05, 0) is 6.42 Å². The van der Waals surface area contributed by atoms with Crippen molar-refractivity contribution in [1.82, 2.24) is 0 Å². The van der Waals surface area contributed by atoms with Gasteiger partial charge < -0.3 is 4.55 Å². The van der Waals surface area contributed by atoms with Gasteiger partial charge in [0.05, 0.1) is 24.6 Å². The van der Waals surface area contributed by atoms with Crippen molar-refractivity contribution < 1.29 is 30.1 Å². The van der Waals surface area contributed by atoms with Crippen molar-refractivity contribution in [1.29, 1.82) is 0 Å². The first-order valence-corrected chi connectivity index (χ1v) is 5.77. The Bertz CT molecular complexity index is 293. The second-order valence-electron chi connectivity index (χ2n) is 2.00. The Kier molecular flexibility index (Phi) is 6.87. The van der Waals surface area contributed by atoms with E-state index in [0.717, 1.165) is 0 Å². The maximum absolute atomic E-state index is 10.0. The molecule has 7 nitrogen and oxygen atoms in total. The van der Waals surface area contributed by atoms with E-state index < -0.39 is 21.8 Å². The topological polar surface area (TPSA) is 113 Å². The molecule has 0 aliphatic rings. The average molecular weight is 245 g/mol. The second-order valence-corrected chi connectivity index (χ2v) is 3.73. The molecule has 0 aromatic heterocycles. The van der Waals surface area contributed by atoms with Gasteiger partial charge in [-0.1, -0.05) is 12.2 Å². The Labute approximate surface area is 84.2 Å². The van der Waals surface area contributed by atoms with Gasteiger partial charge >= 0.3 is 10.4 Å². The summed E-state index contributed by atoms with van der Waals surface area (Å²) in [5, 5.41) is 0. The fourth-order valence-electron chi connectivity index (χ4n) is 0.502. The van der Waals surface area contributed by atoms with E-state index in [-0.39, 0.29) is 19.6 Å². The first-order chi connectivity index (χ1) is 6.42. The van der Waals surface area contributed by atoms with Crippen LogP contribution in [0.5, 0.6) is 0 Å². The maximum atomic E-state index is 10.0. The molecule has 0 fully saturated rings. The summed E-state index contributed by atoms with van der Waals surface area (Å²) in [6.45, 7) is -0.336. The predicted molar refractivity (Wildman–Crippen MR) is 46.1 cm³/mol. The van der Waals surface area contributed by atoms with Crippen LogP contribution >= 0.6 is 0 Å². The molecule has 0 saturated carbocycles. The maximum Gasteiger partial charge on any atom is 0.397 e. The van der Waals surface area contributed by atoms with E-state index in [1.54, 1.807) is 0 Å². The summed E-state index contributed by atoms with van der Waals surface area (Å²) >= 11 is -2.56. The Morgan fingerprint density at radius 2 is 2.07 bits per heavy atom. The largest absolute Gasteiger partial charge is 0.750 e. The fourth-order valence-corrected chi connectivity index (χ4v) is 0.999. The molecule has 9 heteroatoms. The van der Waals surface area contributed by atoms with E-state index >= 15 is 0 Å². The van der Waals surface area contributed by atoms with Crippen LogP contribution in [0.15, 0.2) is 12.2 Å². The van der Waals surface area contributed by atoms with Gasteiger partial charge in [-0.3, -0.25) is 8.74 Å². The standard InChI is InChI=1S/C5H10O7S2/c6-13(7)11-4-2-1-3-5-12-14(8,9)10/h1-2H,3-5H2,(H,6,7)(H,8,9,10)/p-1/b2-1+. The van der Waals surface area contributed by atoms with Crippen molar-refractivity contribution in [3.63, 3.8) is 0 Å². The Hall–Kier alpha value is -0.320. The normalized spacial score (nSPS) is 14.7. The zero-order valence-corrected chi connectivity index (χ0v) is 8.62. The number of hydrogen-bond donors (Lipinski definition) is 1. The minimum atomic E-state index is -4.39. The number of rotatable bonds is 7. The second kappa shape index (κ2) is 7.04. The van der Waals surface area contributed by atoms with Crippen molar-refractivity contribution in [2.75, 3.05) is 13.2 Å². The lowest BCUT2D eigenvalue weighted by Gasteiger charge is -2.01. The van der Waals surface area contributed by atoms with Crippen LogP contribution in [0.4, 0.5) is 0 Å². The number of hydrogen-bond acceptors (Lipinski definition) is 6. The van der Waals surface area contributed by atoms with Crippen LogP contribution in [0.25, 0.3) is 0 Å². The van der Waals surface area contributed by atoms with Crippen LogP contribution in [-0.4, -0.2) is 34.9 Å². The molecule has 0 aliphatic heterocycles. The smallest absolute Gasteiger partial charge is 0.397 e. The zero-order valence-electron chi connectivity index (χ0n) is 6.99. The summed E-state index contributed by atoms with van der Waals surface area (Å²) in [5.41, 5.74) is 0. The third-order valence-electron chi connectivity index (χ3n) is 0.944. The molecule has 0 aromatic rings. The summed E-state index contributed by atoms with van der Waals surface area (Å²) in [7, 11) is -4.39. The van der Waals surface area contributed by atoms with Gasteiger partial charge in [-0.25, -0.2) is 8.39 Å². The Morgan fingerprint density at radius 3 is 2.57 bits per heavy atom. The molecule has 1 N–H and O–H groups in total. The monoisotopic (exact) mass is 245 g/mol. The molecule has 0 heterocycles. The lowest BCUT2D eigenvalue weighted by atomic mass is 10.4. The quantitative estimate of drug-likeness (QED) is 0.280. The minimum absolute atomic E-state index is 0.123. The van der Waals surface area contributed by atoms with Gasteiger partial charge in [0.1, 0.15) is 0 Å². The molecule has 1 unspecified atom stereocenters. The molecule has 0 aromatic carbocycles. The van der Waals surface area contributed by atoms with Crippen LogP contribution < -0.4 is 0 Å². The molecule has 1 atom stereocenters. The molecule has 0 rings (SSSR count). The molecule has 0 bridgehead atoms. The Morgan fingerprint density at radius 1 is 1.43 bits per heavy atom. The third kappa shape index (κ3) is 11.7. The zero-order chi connectivity index (χ0) is 11.0. The highest BCUT2D eigenvalue weighted by Gasteiger charge is 2.00. The fraction of sp³-hybridized carbons (Fsp3) is 0.600. The van der Waals surface area contributed by atoms with E-state index in [0.29, 0.717) is 0 Å². The highest BCUT2D eigenvalue weighted by molar-refractivity contribution is 7.80. The molecule has 0 spiro atoms. The molecule has 0 amide bonds. The van der Waals surface area contributed by atoms with Crippen LogP contribution in [0.2, 0.25) is 0 Å². The molecule has 84 valence electrons. The van der Waals surface area contributed by atoms with E-state index in [4.69, 9.17) is 4.55 Å². The summed E-state index contributed by atoms with van der Waals surface area (Å²) in [4.78, 5) is 0. The van der Waals surface area contributed by atoms with Gasteiger partial charge in [0.2, 0.25) is 0 Å². The Balaban J connectivity index is 3.41. The van der Waals surface area contributed by atoms with E-state index in [9.17, 15) is 17.2 Å². The first kappa shape index (κ1) is 13.7. The summed E-state index contributed by atoms with van der Waals surface area (Å²) in [6, 6.07) is 0. The first-order valence-electron chi connectivity index (χ1n) is 3.41. The van der Waals surface area contributed by atoms with E-state index in [1.165, 1.54) is 12.2 Å². The average Bonchev–Trinajstić information content (AvgIpc) is 2.00. The highest BCUT2D eigenvalue weighted by atomic mass is 32.3. The minimum Gasteiger partial charge on any atom is -0.750 e. The van der Waals surface area contributed by atoms with E-state index in [2.05, 4.69) is 8.37 Å². The van der Waals surface area contributed by atoms with Crippen LogP contribution in [-0.2, 0) is 30.1 Å². The summed E-state index contributed by atoms with van der Waals surface area (Å²) in [5.74, 6) is 0. The van der Waals surface area contributed by atoms with Crippen LogP contribution in [0, 0.1) is 0 Å². The molecule has 0 aliphatic carbocycles. The predicted octanol–water partition coefficient (Wildman–Crippen LogP) is -0.437. The van der Waals surface area contributed by atoms with Crippen molar-refractivity contribution in [3.8, 4) is 0 Å². The molecular formula is C5H9O7S2-. The van der Waals surface area contributed by atoms with Gasteiger partial charge in [0.15, 0.2) is 0 Å². The van der Waals surface area contributed by atoms with Crippen LogP contribution in [0.3, 0.4) is 0 Å². The summed E-state index contributed by atoms with van der Waals surface area (Å²) in [6.07, 6.45) is 3.05. The van der Waals surface area contributed by atoms with Crippen molar-refractivity contribution in [2.24, 2.45) is 0 Å². The van der Waals surface area contributed by atoms with Crippen LogP contribution in [0.1, 0.15) is 6.42 Å². The lowest BCUT2D eigenvalue weighted by Crippen LogP contribution is -2.04. The highest BCUT2D eigenvalue weighted by Crippen LogP contribution is 1.91. The lowest BCUT2D eigenvalue weighted by molar-refractivity contribution is 0.273. The van der Waals surface area contributed by atoms with Crippen molar-refractivity contribution >= 4 is 21.8 Å². The summed E-state index contributed by atoms with van der Waals surface area (Å²) < 4.78 is 55.9. The molecule has 0 saturated heterocycles. The third-order valence-corrected chi connectivity index (χ3v) is 1.74. The van der Waals surface area contributed by atoms with Crippen molar-refractivity contribution in [2.45, 2.75) is 6.42 Å². The molecule has 14 heavy (non-hydrogen) atoms. The van der Waals surface area contributed by atoms with Gasteiger partial charge in [0, 0.05) is 0 Å². The molecule has 0 radical (unpaired) electrons.